The lowest BCUT2D eigenvalue weighted by Gasteiger charge is -2.01. The highest BCUT2D eigenvalue weighted by molar-refractivity contribution is 6.37. The molecule has 2 aliphatic heterocycles. The summed E-state index contributed by atoms with van der Waals surface area (Å²) in [7, 11) is 0. The van der Waals surface area contributed by atoms with Crippen molar-refractivity contribution >= 4 is 81.2 Å². The molecule has 0 saturated carbocycles. The van der Waals surface area contributed by atoms with E-state index in [1.807, 2.05) is 72.8 Å². The van der Waals surface area contributed by atoms with Crippen LogP contribution in [-0.2, 0) is 0 Å². The van der Waals surface area contributed by atoms with Crippen LogP contribution in [0.4, 0.5) is 0 Å². The second-order valence-electron chi connectivity index (χ2n) is 7.78. The van der Waals surface area contributed by atoms with Gasteiger partial charge in [0.25, 0.3) is 0 Å². The topological polar surface area (TPSA) is 57.4 Å². The molecule has 0 aliphatic carbocycles. The quantitative estimate of drug-likeness (QED) is 0.244. The van der Waals surface area contributed by atoms with Crippen LogP contribution in [-0.4, -0.2) is 19.9 Å². The molecule has 0 spiro atoms. The lowest BCUT2D eigenvalue weighted by Crippen LogP contribution is -1.83. The fraction of sp³-hybridized carbons (Fsp3) is 0. The first kappa shape index (κ1) is 20.3. The number of halogens is 3. The summed E-state index contributed by atoms with van der Waals surface area (Å²) >= 11 is 19.8. The van der Waals surface area contributed by atoms with Crippen LogP contribution in [0.3, 0.4) is 0 Å². The van der Waals surface area contributed by atoms with Gasteiger partial charge in [0.1, 0.15) is 0 Å². The van der Waals surface area contributed by atoms with Crippen LogP contribution in [0, 0.1) is 0 Å². The van der Waals surface area contributed by atoms with Gasteiger partial charge in [0.05, 0.1) is 38.3 Å². The first-order valence-electron chi connectivity index (χ1n) is 10.2. The van der Waals surface area contributed by atoms with Gasteiger partial charge in [-0.3, -0.25) is 0 Å². The van der Waals surface area contributed by atoms with Gasteiger partial charge in [0, 0.05) is 27.1 Å². The molecule has 0 fully saturated rings. The minimum absolute atomic E-state index is 0.472. The van der Waals surface area contributed by atoms with Gasteiger partial charge in [-0.25, -0.2) is 9.97 Å². The highest BCUT2D eigenvalue weighted by Gasteiger charge is 2.14. The minimum Gasteiger partial charge on any atom is -0.355 e. The largest absolute Gasteiger partial charge is 0.355 e. The van der Waals surface area contributed by atoms with Crippen LogP contribution in [0.1, 0.15) is 22.8 Å². The van der Waals surface area contributed by atoms with Crippen molar-refractivity contribution in [3.63, 3.8) is 0 Å². The summed E-state index contributed by atoms with van der Waals surface area (Å²) in [4.78, 5) is 16.2. The number of hydrogen-bond acceptors (Lipinski definition) is 2. The third-order valence-electron chi connectivity index (χ3n) is 5.52. The molecule has 0 unspecified atom stereocenters. The Balaban J connectivity index is 1.74. The van der Waals surface area contributed by atoms with Crippen molar-refractivity contribution < 1.29 is 0 Å². The maximum Gasteiger partial charge on any atom is 0.0919 e. The van der Waals surface area contributed by atoms with E-state index in [9.17, 15) is 0 Å². The van der Waals surface area contributed by atoms with Gasteiger partial charge in [-0.15, -0.1) is 0 Å². The van der Waals surface area contributed by atoms with E-state index in [4.69, 9.17) is 34.8 Å². The predicted molar refractivity (Wildman–Crippen MR) is 139 cm³/mol. The highest BCUT2D eigenvalue weighted by atomic mass is 35.5. The number of H-pyrrole nitrogens is 2. The molecule has 0 amide bonds. The summed E-state index contributed by atoms with van der Waals surface area (Å²) in [6.45, 7) is 0. The van der Waals surface area contributed by atoms with Crippen molar-refractivity contribution in [3.8, 4) is 11.1 Å². The van der Waals surface area contributed by atoms with Gasteiger partial charge < -0.3 is 9.97 Å². The second kappa shape index (κ2) is 7.92. The van der Waals surface area contributed by atoms with Crippen molar-refractivity contribution in [2.24, 2.45) is 0 Å². The fourth-order valence-corrected chi connectivity index (χ4v) is 4.64. The van der Waals surface area contributed by atoms with Crippen LogP contribution in [0.25, 0.3) is 57.5 Å². The zero-order valence-corrected chi connectivity index (χ0v) is 19.3. The van der Waals surface area contributed by atoms with Crippen molar-refractivity contribution in [2.75, 3.05) is 0 Å². The molecule has 160 valence electrons. The first-order chi connectivity index (χ1) is 16.0. The number of nitrogens with one attached hydrogen (secondary N) is 2. The Morgan fingerprint density at radius 2 is 1.33 bits per heavy atom. The fourth-order valence-electron chi connectivity index (χ4n) is 3.98. The van der Waals surface area contributed by atoms with E-state index >= 15 is 0 Å². The average molecular weight is 490 g/mol. The number of fused-ring (bicyclic) bond motifs is 8. The summed E-state index contributed by atoms with van der Waals surface area (Å²) < 4.78 is 0. The molecule has 4 aromatic rings. The standard InChI is InChI=1S/C26H15Cl3N4/c27-15-3-1-2-14(10-15)20-13-19-12-17-5-4-16(30-17)11-18-6-7-21(31-18)24(28)22-8-9-23(33-22)25(29)26(20)32-19/h1-13,30,32H. The maximum absolute atomic E-state index is 6.89. The Morgan fingerprint density at radius 1 is 0.606 bits per heavy atom. The summed E-state index contributed by atoms with van der Waals surface area (Å²) in [6, 6.07) is 17.8. The Labute approximate surface area is 204 Å². The normalized spacial score (nSPS) is 12.5. The molecule has 5 heterocycles. The van der Waals surface area contributed by atoms with E-state index in [0.717, 1.165) is 38.9 Å². The Kier molecular flexibility index (Phi) is 4.88. The van der Waals surface area contributed by atoms with Crippen LogP contribution in [0.2, 0.25) is 15.1 Å². The third-order valence-corrected chi connectivity index (χ3v) is 6.52. The molecule has 0 radical (unpaired) electrons. The molecule has 0 saturated heterocycles. The van der Waals surface area contributed by atoms with E-state index < -0.39 is 0 Å². The Bertz CT molecular complexity index is 1660. The molecule has 1 aromatic carbocycles. The number of benzene rings is 1. The molecule has 0 atom stereocenters. The zero-order chi connectivity index (χ0) is 22.5. The van der Waals surface area contributed by atoms with Gasteiger partial charge in [-0.05, 0) is 72.3 Å². The predicted octanol–water partition coefficient (Wildman–Crippen LogP) is 8.28. The number of nitrogens with zero attached hydrogens (tertiary/aromatic N) is 2. The van der Waals surface area contributed by atoms with Crippen LogP contribution in [0.15, 0.2) is 54.6 Å². The number of aromatic amines is 2. The van der Waals surface area contributed by atoms with E-state index in [1.165, 1.54) is 0 Å². The van der Waals surface area contributed by atoms with Gasteiger partial charge in [0.2, 0.25) is 0 Å². The number of hydrogen-bond donors (Lipinski definition) is 2. The van der Waals surface area contributed by atoms with Crippen LogP contribution < -0.4 is 0 Å². The smallest absolute Gasteiger partial charge is 0.0919 e. The molecule has 8 bridgehead atoms. The third kappa shape index (κ3) is 3.76. The molecular weight excluding hydrogens is 475 g/mol. The van der Waals surface area contributed by atoms with Crippen molar-refractivity contribution in [3.05, 3.63) is 92.4 Å². The van der Waals surface area contributed by atoms with Crippen molar-refractivity contribution in [1.29, 1.82) is 0 Å². The molecule has 2 N–H and O–H groups in total. The number of rotatable bonds is 1. The molecule has 33 heavy (non-hydrogen) atoms. The van der Waals surface area contributed by atoms with E-state index in [1.54, 1.807) is 0 Å². The SMILES string of the molecule is Clc1cccc(-c2cc3cc4ccc(cc5nc(c(Cl)c6nc(c(Cl)c2[nH]3)C=C6)C=C5)[nH]4)c1. The summed E-state index contributed by atoms with van der Waals surface area (Å²) in [5.41, 5.74) is 8.12. The van der Waals surface area contributed by atoms with E-state index in [-0.39, 0.29) is 0 Å². The summed E-state index contributed by atoms with van der Waals surface area (Å²) in [5.74, 6) is 0. The van der Waals surface area contributed by atoms with E-state index in [2.05, 4.69) is 26.0 Å². The Morgan fingerprint density at radius 3 is 2.15 bits per heavy atom. The van der Waals surface area contributed by atoms with Crippen molar-refractivity contribution in [1.82, 2.24) is 19.9 Å². The van der Waals surface area contributed by atoms with Crippen LogP contribution in [0.5, 0.6) is 0 Å². The molecule has 6 rings (SSSR count). The summed E-state index contributed by atoms with van der Waals surface area (Å²) in [5, 5.41) is 1.62. The van der Waals surface area contributed by atoms with Crippen LogP contribution >= 0.6 is 34.8 Å². The van der Waals surface area contributed by atoms with Gasteiger partial charge in [0.15, 0.2) is 0 Å². The molecule has 7 heteroatoms. The molecule has 2 aliphatic rings. The number of aromatic nitrogens is 4. The molecular formula is C26H15Cl3N4. The molecule has 4 nitrogen and oxygen atoms in total. The average Bonchev–Trinajstić information content (AvgIpc) is 3.60. The minimum atomic E-state index is 0.472. The monoisotopic (exact) mass is 488 g/mol. The van der Waals surface area contributed by atoms with Gasteiger partial charge >= 0.3 is 0 Å². The van der Waals surface area contributed by atoms with Gasteiger partial charge in [-0.1, -0.05) is 46.9 Å². The summed E-state index contributed by atoms with van der Waals surface area (Å²) in [6.07, 6.45) is 7.52. The molecule has 3 aromatic heterocycles. The Hall–Kier alpha value is -3.31. The lowest BCUT2D eigenvalue weighted by atomic mass is 10.1. The van der Waals surface area contributed by atoms with Gasteiger partial charge in [-0.2, -0.15) is 0 Å². The first-order valence-corrected chi connectivity index (χ1v) is 11.4. The van der Waals surface area contributed by atoms with E-state index in [0.29, 0.717) is 32.1 Å². The highest BCUT2D eigenvalue weighted by Crippen LogP contribution is 2.35. The van der Waals surface area contributed by atoms with Crippen molar-refractivity contribution in [2.45, 2.75) is 0 Å². The lowest BCUT2D eigenvalue weighted by molar-refractivity contribution is 1.28. The second-order valence-corrected chi connectivity index (χ2v) is 8.97. The zero-order valence-electron chi connectivity index (χ0n) is 17.0. The maximum atomic E-state index is 6.89.